The molecule has 2 unspecified atom stereocenters. The molecule has 1 aliphatic rings. The highest BCUT2D eigenvalue weighted by atomic mass is 19.1. The molecule has 112 valence electrons. The Morgan fingerprint density at radius 1 is 1.40 bits per heavy atom. The van der Waals surface area contributed by atoms with Gasteiger partial charge in [-0.2, -0.15) is 0 Å². The number of nitrogens with zero attached hydrogens (tertiary/aromatic N) is 1. The molecule has 1 aliphatic heterocycles. The SMILES string of the molecule is CCCC1CCCCN1c1ccc(F)cc1C(C)NC. The second-order valence-corrected chi connectivity index (χ2v) is 5.85. The van der Waals surface area contributed by atoms with Crippen molar-refractivity contribution in [3.63, 3.8) is 0 Å². The molecule has 20 heavy (non-hydrogen) atoms. The molecular formula is C17H27FN2. The summed E-state index contributed by atoms with van der Waals surface area (Å²) in [4.78, 5) is 2.51. The third-order valence-corrected chi connectivity index (χ3v) is 4.45. The highest BCUT2D eigenvalue weighted by molar-refractivity contribution is 5.56. The average molecular weight is 278 g/mol. The van der Waals surface area contributed by atoms with Gasteiger partial charge in [-0.05, 0) is 63.4 Å². The van der Waals surface area contributed by atoms with E-state index in [0.29, 0.717) is 6.04 Å². The van der Waals surface area contributed by atoms with E-state index >= 15 is 0 Å². The van der Waals surface area contributed by atoms with Gasteiger partial charge in [-0.15, -0.1) is 0 Å². The van der Waals surface area contributed by atoms with Crippen molar-refractivity contribution < 1.29 is 4.39 Å². The van der Waals surface area contributed by atoms with Gasteiger partial charge in [0, 0.05) is 24.3 Å². The van der Waals surface area contributed by atoms with Gasteiger partial charge in [0.1, 0.15) is 5.82 Å². The fourth-order valence-corrected chi connectivity index (χ4v) is 3.24. The Kier molecular flexibility index (Phi) is 5.41. The predicted molar refractivity (Wildman–Crippen MR) is 83.8 cm³/mol. The van der Waals surface area contributed by atoms with Gasteiger partial charge in [0.2, 0.25) is 0 Å². The van der Waals surface area contributed by atoms with Gasteiger partial charge in [0.25, 0.3) is 0 Å². The molecule has 1 aromatic carbocycles. The van der Waals surface area contributed by atoms with E-state index in [2.05, 4.69) is 24.1 Å². The monoisotopic (exact) mass is 278 g/mol. The lowest BCUT2D eigenvalue weighted by atomic mass is 9.95. The van der Waals surface area contributed by atoms with Crippen molar-refractivity contribution in [1.29, 1.82) is 0 Å². The molecule has 0 radical (unpaired) electrons. The van der Waals surface area contributed by atoms with Crippen LogP contribution >= 0.6 is 0 Å². The van der Waals surface area contributed by atoms with Crippen molar-refractivity contribution in [3.05, 3.63) is 29.6 Å². The summed E-state index contributed by atoms with van der Waals surface area (Å²) in [6, 6.07) is 6.03. The topological polar surface area (TPSA) is 15.3 Å². The molecule has 1 fully saturated rings. The van der Waals surface area contributed by atoms with Crippen LogP contribution in [0.15, 0.2) is 18.2 Å². The highest BCUT2D eigenvalue weighted by Gasteiger charge is 2.25. The van der Waals surface area contributed by atoms with Crippen LogP contribution in [0.3, 0.4) is 0 Å². The quantitative estimate of drug-likeness (QED) is 0.865. The van der Waals surface area contributed by atoms with E-state index in [9.17, 15) is 4.39 Å². The number of hydrogen-bond acceptors (Lipinski definition) is 2. The second-order valence-electron chi connectivity index (χ2n) is 5.85. The number of rotatable bonds is 5. The molecule has 0 saturated carbocycles. The summed E-state index contributed by atoms with van der Waals surface area (Å²) in [7, 11) is 1.93. The van der Waals surface area contributed by atoms with E-state index < -0.39 is 0 Å². The standard InChI is InChI=1S/C17H27FN2/c1-4-7-15-8-5-6-11-20(15)17-10-9-14(18)12-16(17)13(2)19-3/h9-10,12-13,15,19H,4-8,11H2,1-3H3. The maximum atomic E-state index is 13.6. The van der Waals surface area contributed by atoms with Crippen LogP contribution in [-0.2, 0) is 0 Å². The molecule has 1 heterocycles. The number of nitrogens with one attached hydrogen (secondary N) is 1. The van der Waals surface area contributed by atoms with Crippen LogP contribution < -0.4 is 10.2 Å². The number of hydrogen-bond donors (Lipinski definition) is 1. The fourth-order valence-electron chi connectivity index (χ4n) is 3.24. The van der Waals surface area contributed by atoms with Crippen LogP contribution in [0.4, 0.5) is 10.1 Å². The molecule has 0 aromatic heterocycles. The number of benzene rings is 1. The van der Waals surface area contributed by atoms with E-state index in [-0.39, 0.29) is 11.9 Å². The van der Waals surface area contributed by atoms with Crippen molar-refractivity contribution in [2.75, 3.05) is 18.5 Å². The average Bonchev–Trinajstić information content (AvgIpc) is 2.47. The van der Waals surface area contributed by atoms with Gasteiger partial charge < -0.3 is 10.2 Å². The zero-order valence-corrected chi connectivity index (χ0v) is 13.0. The predicted octanol–water partition coefficient (Wildman–Crippen LogP) is 4.27. The summed E-state index contributed by atoms with van der Waals surface area (Å²) in [6.07, 6.45) is 6.26. The van der Waals surface area contributed by atoms with E-state index in [1.54, 1.807) is 12.1 Å². The molecule has 3 heteroatoms. The molecule has 0 spiro atoms. The Labute approximate surface area is 122 Å². The summed E-state index contributed by atoms with van der Waals surface area (Å²) >= 11 is 0. The minimum absolute atomic E-state index is 0.144. The van der Waals surface area contributed by atoms with E-state index in [1.807, 2.05) is 13.1 Å². The Hall–Kier alpha value is -1.09. The number of halogens is 1. The smallest absolute Gasteiger partial charge is 0.123 e. The van der Waals surface area contributed by atoms with Gasteiger partial charge in [-0.25, -0.2) is 4.39 Å². The summed E-state index contributed by atoms with van der Waals surface area (Å²) in [5, 5.41) is 3.24. The molecule has 1 N–H and O–H groups in total. The van der Waals surface area contributed by atoms with Crippen molar-refractivity contribution in [2.45, 2.75) is 58.0 Å². The molecule has 0 aliphatic carbocycles. The molecule has 1 aromatic rings. The Bertz CT molecular complexity index is 431. The lowest BCUT2D eigenvalue weighted by Gasteiger charge is -2.39. The van der Waals surface area contributed by atoms with Gasteiger partial charge >= 0.3 is 0 Å². The van der Waals surface area contributed by atoms with Crippen molar-refractivity contribution in [3.8, 4) is 0 Å². The van der Waals surface area contributed by atoms with Crippen LogP contribution in [0.1, 0.15) is 57.6 Å². The molecular weight excluding hydrogens is 251 g/mol. The molecule has 0 bridgehead atoms. The minimum Gasteiger partial charge on any atom is -0.368 e. The lowest BCUT2D eigenvalue weighted by Crippen LogP contribution is -2.40. The Morgan fingerprint density at radius 2 is 2.20 bits per heavy atom. The van der Waals surface area contributed by atoms with Gasteiger partial charge in [-0.3, -0.25) is 0 Å². The van der Waals surface area contributed by atoms with Crippen LogP contribution in [0.5, 0.6) is 0 Å². The van der Waals surface area contributed by atoms with Crippen molar-refractivity contribution in [2.24, 2.45) is 0 Å². The summed E-state index contributed by atoms with van der Waals surface area (Å²) < 4.78 is 13.6. The number of piperidine rings is 1. The zero-order chi connectivity index (χ0) is 14.5. The first kappa shape index (κ1) is 15.3. The van der Waals surface area contributed by atoms with Gasteiger partial charge in [0.15, 0.2) is 0 Å². The molecule has 2 rings (SSSR count). The van der Waals surface area contributed by atoms with E-state index in [1.165, 1.54) is 37.8 Å². The second kappa shape index (κ2) is 7.07. The molecule has 2 atom stereocenters. The first-order valence-corrected chi connectivity index (χ1v) is 7.90. The van der Waals surface area contributed by atoms with E-state index in [0.717, 1.165) is 12.1 Å². The molecule has 0 amide bonds. The molecule has 1 saturated heterocycles. The number of anilines is 1. The van der Waals surface area contributed by atoms with Crippen LogP contribution in [0.25, 0.3) is 0 Å². The largest absolute Gasteiger partial charge is 0.368 e. The normalized spacial score (nSPS) is 21.0. The zero-order valence-electron chi connectivity index (χ0n) is 13.0. The van der Waals surface area contributed by atoms with Crippen molar-refractivity contribution >= 4 is 5.69 Å². The minimum atomic E-state index is -0.144. The first-order chi connectivity index (χ1) is 9.67. The lowest BCUT2D eigenvalue weighted by molar-refractivity contribution is 0.432. The maximum Gasteiger partial charge on any atom is 0.123 e. The Balaban J connectivity index is 2.33. The van der Waals surface area contributed by atoms with Gasteiger partial charge in [-0.1, -0.05) is 13.3 Å². The van der Waals surface area contributed by atoms with Gasteiger partial charge in [0.05, 0.1) is 0 Å². The summed E-state index contributed by atoms with van der Waals surface area (Å²) in [5.41, 5.74) is 2.29. The third kappa shape index (κ3) is 3.32. The van der Waals surface area contributed by atoms with Crippen LogP contribution in [-0.4, -0.2) is 19.6 Å². The van der Waals surface area contributed by atoms with Crippen molar-refractivity contribution in [1.82, 2.24) is 5.32 Å². The summed E-state index contributed by atoms with van der Waals surface area (Å²) in [5.74, 6) is -0.144. The first-order valence-electron chi connectivity index (χ1n) is 7.90. The fraction of sp³-hybridized carbons (Fsp3) is 0.647. The van der Waals surface area contributed by atoms with Crippen LogP contribution in [0.2, 0.25) is 0 Å². The molecule has 2 nitrogen and oxygen atoms in total. The third-order valence-electron chi connectivity index (χ3n) is 4.45. The van der Waals surface area contributed by atoms with E-state index in [4.69, 9.17) is 0 Å². The summed E-state index contributed by atoms with van der Waals surface area (Å²) in [6.45, 7) is 5.44. The highest BCUT2D eigenvalue weighted by Crippen LogP contribution is 2.33. The Morgan fingerprint density at radius 3 is 2.90 bits per heavy atom. The van der Waals surface area contributed by atoms with Crippen LogP contribution in [0, 0.1) is 5.82 Å². The maximum absolute atomic E-state index is 13.6.